The fourth-order valence-electron chi connectivity index (χ4n) is 3.58. The van der Waals surface area contributed by atoms with Gasteiger partial charge in [0.15, 0.2) is 0 Å². The number of H-pyrrole nitrogens is 1. The number of ether oxygens (including phenoxy) is 3. The zero-order chi connectivity index (χ0) is 23.3. The van der Waals surface area contributed by atoms with Crippen LogP contribution in [-0.4, -0.2) is 71.4 Å². The number of benzene rings is 1. The monoisotopic (exact) mass is 499 g/mol. The fraction of sp³-hybridized carbons (Fsp3) is 0.348. The van der Waals surface area contributed by atoms with Gasteiger partial charge in [0.2, 0.25) is 5.91 Å². The maximum absolute atomic E-state index is 12.3. The van der Waals surface area contributed by atoms with Crippen LogP contribution in [0.3, 0.4) is 0 Å². The molecule has 0 spiro atoms. The van der Waals surface area contributed by atoms with Crippen molar-refractivity contribution in [1.82, 2.24) is 14.9 Å². The molecule has 178 valence electrons. The third-order valence-electron chi connectivity index (χ3n) is 5.36. The van der Waals surface area contributed by atoms with E-state index < -0.39 is 0 Å². The van der Waals surface area contributed by atoms with Crippen LogP contribution >= 0.6 is 23.7 Å². The van der Waals surface area contributed by atoms with Crippen molar-refractivity contribution in [2.75, 3.05) is 45.1 Å². The van der Waals surface area contributed by atoms with Crippen molar-refractivity contribution in [3.8, 4) is 5.75 Å². The van der Waals surface area contributed by atoms with Crippen molar-refractivity contribution < 1.29 is 19.0 Å². The molecule has 2 aliphatic rings. The Hall–Kier alpha value is -2.73. The first-order valence-corrected chi connectivity index (χ1v) is 12.6. The number of aromatic amines is 1. The van der Waals surface area contributed by atoms with Crippen LogP contribution < -0.4 is 9.46 Å². The lowest BCUT2D eigenvalue weighted by Gasteiger charge is -2.31. The molecule has 34 heavy (non-hydrogen) atoms. The van der Waals surface area contributed by atoms with Crippen LogP contribution in [0.4, 0.5) is 5.69 Å². The number of pyridine rings is 1. The van der Waals surface area contributed by atoms with E-state index in [0.29, 0.717) is 39.6 Å². The predicted octanol–water partition coefficient (Wildman–Crippen LogP) is 3.73. The third kappa shape index (κ3) is 5.33. The number of hydrogen-bond acceptors (Lipinski definition) is 9. The molecule has 3 aromatic rings. The maximum atomic E-state index is 12.3. The molecule has 2 aromatic heterocycles. The minimum Gasteiger partial charge on any atom is -0.491 e. The molecule has 0 aliphatic carbocycles. The number of aromatic nitrogens is 2. The molecule has 4 heterocycles. The van der Waals surface area contributed by atoms with Gasteiger partial charge >= 0.3 is 0 Å². The van der Waals surface area contributed by atoms with Gasteiger partial charge in [0.05, 0.1) is 30.0 Å². The van der Waals surface area contributed by atoms with Gasteiger partial charge in [-0.1, -0.05) is 17.8 Å². The fourth-order valence-corrected chi connectivity index (χ4v) is 5.29. The number of hydrogen-bond donors (Lipinski definition) is 2. The molecule has 0 radical (unpaired) electrons. The first-order chi connectivity index (χ1) is 16.7. The van der Waals surface area contributed by atoms with Crippen LogP contribution in [0.1, 0.15) is 12.1 Å². The highest BCUT2D eigenvalue weighted by molar-refractivity contribution is 8.15. The second-order valence-corrected chi connectivity index (χ2v) is 9.93. The van der Waals surface area contributed by atoms with Gasteiger partial charge in [0, 0.05) is 48.4 Å². The van der Waals surface area contributed by atoms with E-state index >= 15 is 0 Å². The van der Waals surface area contributed by atoms with Crippen molar-refractivity contribution in [3.63, 3.8) is 0 Å². The lowest BCUT2D eigenvalue weighted by Crippen LogP contribution is -2.45. The number of carbonyl (C=O) groups is 1. The lowest BCUT2D eigenvalue weighted by molar-refractivity contribution is -0.175. The smallest absolute Gasteiger partial charge is 0.227 e. The molecular weight excluding hydrogens is 474 g/mol. The summed E-state index contributed by atoms with van der Waals surface area (Å²) in [7, 11) is 1.65. The molecule has 5 rings (SSSR count). The molecular formula is C23H25N5O4S2. The van der Waals surface area contributed by atoms with Gasteiger partial charge in [0.1, 0.15) is 35.9 Å². The van der Waals surface area contributed by atoms with Crippen molar-refractivity contribution in [1.29, 1.82) is 0 Å². The van der Waals surface area contributed by atoms with Crippen LogP contribution in [-0.2, 0) is 14.3 Å². The number of methoxy groups -OCH3 is 1. The van der Waals surface area contributed by atoms with E-state index in [1.807, 2.05) is 30.3 Å². The Morgan fingerprint density at radius 1 is 1.32 bits per heavy atom. The second kappa shape index (κ2) is 10.7. The minimum absolute atomic E-state index is 0.118. The Morgan fingerprint density at radius 2 is 2.24 bits per heavy atom. The van der Waals surface area contributed by atoms with Gasteiger partial charge in [-0.3, -0.25) is 14.7 Å². The van der Waals surface area contributed by atoms with E-state index in [0.717, 1.165) is 38.1 Å². The quantitative estimate of drug-likeness (QED) is 0.321. The second-order valence-electron chi connectivity index (χ2n) is 7.82. The van der Waals surface area contributed by atoms with Crippen molar-refractivity contribution in [3.05, 3.63) is 48.3 Å². The summed E-state index contributed by atoms with van der Waals surface area (Å²) in [4.78, 5) is 26.6. The first-order valence-electron chi connectivity index (χ1n) is 10.9. The van der Waals surface area contributed by atoms with E-state index in [2.05, 4.69) is 20.8 Å². The van der Waals surface area contributed by atoms with E-state index in [4.69, 9.17) is 19.2 Å². The van der Waals surface area contributed by atoms with Crippen LogP contribution in [0.2, 0.25) is 0 Å². The largest absolute Gasteiger partial charge is 0.491 e. The van der Waals surface area contributed by atoms with E-state index in [1.54, 1.807) is 30.0 Å². The first kappa shape index (κ1) is 23.0. The SMILES string of the molecule is COCCOc1cc(NSc2ccccn2)c2[nH]c(C3=NCC(CC(=O)N4COC4)S3)cc2c1. The topological polar surface area (TPSA) is 101 Å². The van der Waals surface area contributed by atoms with Crippen molar-refractivity contribution >= 4 is 51.3 Å². The number of amides is 1. The summed E-state index contributed by atoms with van der Waals surface area (Å²) in [6.07, 6.45) is 2.23. The van der Waals surface area contributed by atoms with Gasteiger partial charge in [0.25, 0.3) is 0 Å². The normalized spacial score (nSPS) is 17.5. The Balaban J connectivity index is 1.34. The molecule has 1 unspecified atom stereocenters. The number of aliphatic imine (C=N–C) groups is 1. The molecule has 11 heteroatoms. The summed E-state index contributed by atoms with van der Waals surface area (Å²) in [5, 5.41) is 2.93. The average molecular weight is 500 g/mol. The van der Waals surface area contributed by atoms with Crippen LogP contribution in [0.25, 0.3) is 10.9 Å². The number of carbonyl (C=O) groups excluding carboxylic acids is 1. The minimum atomic E-state index is 0.118. The van der Waals surface area contributed by atoms with Crippen LogP contribution in [0, 0.1) is 0 Å². The van der Waals surface area contributed by atoms with Gasteiger partial charge < -0.3 is 23.9 Å². The number of rotatable bonds is 10. The highest BCUT2D eigenvalue weighted by Gasteiger charge is 2.28. The van der Waals surface area contributed by atoms with Crippen molar-refractivity contribution in [2.24, 2.45) is 4.99 Å². The van der Waals surface area contributed by atoms with Gasteiger partial charge in [-0.05, 0) is 24.3 Å². The Kier molecular flexibility index (Phi) is 7.24. The highest BCUT2D eigenvalue weighted by atomic mass is 32.2. The molecule has 1 saturated heterocycles. The summed E-state index contributed by atoms with van der Waals surface area (Å²) in [5.74, 6) is 0.869. The van der Waals surface area contributed by atoms with E-state index in [9.17, 15) is 4.79 Å². The Bertz CT molecular complexity index is 1180. The highest BCUT2D eigenvalue weighted by Crippen LogP contribution is 2.35. The zero-order valence-electron chi connectivity index (χ0n) is 18.7. The number of fused-ring (bicyclic) bond motifs is 1. The van der Waals surface area contributed by atoms with Gasteiger partial charge in [-0.2, -0.15) is 0 Å². The Labute approximate surface area is 205 Å². The zero-order valence-corrected chi connectivity index (χ0v) is 20.3. The van der Waals surface area contributed by atoms with Gasteiger partial charge in [-0.25, -0.2) is 4.98 Å². The maximum Gasteiger partial charge on any atom is 0.227 e. The molecule has 1 amide bonds. The number of thioether (sulfide) groups is 1. The summed E-state index contributed by atoms with van der Waals surface area (Å²) < 4.78 is 19.5. The summed E-state index contributed by atoms with van der Waals surface area (Å²) in [5.41, 5.74) is 2.78. The molecule has 0 bridgehead atoms. The molecule has 1 atom stereocenters. The molecule has 0 saturated carbocycles. The third-order valence-corrected chi connectivity index (χ3v) is 7.35. The standard InChI is InChI=1S/C23H25N5O4S2/c1-30-6-7-32-16-8-15-9-19(23-25-12-17(33-23)11-21(29)28-13-31-14-28)26-22(15)18(10-16)27-34-20-4-2-3-5-24-20/h2-5,8-10,17,26-27H,6-7,11-14H2,1H3. The average Bonchev–Trinajstić information content (AvgIpc) is 3.44. The molecule has 2 aliphatic heterocycles. The van der Waals surface area contributed by atoms with Gasteiger partial charge in [-0.15, -0.1) is 0 Å². The van der Waals surface area contributed by atoms with E-state index in [-0.39, 0.29) is 11.2 Å². The van der Waals surface area contributed by atoms with Crippen LogP contribution in [0.15, 0.2) is 52.6 Å². The summed E-state index contributed by atoms with van der Waals surface area (Å²) in [6.45, 7) is 2.40. The molecule has 1 fully saturated rings. The Morgan fingerprint density at radius 3 is 3.00 bits per heavy atom. The summed E-state index contributed by atoms with van der Waals surface area (Å²) >= 11 is 3.08. The molecule has 2 N–H and O–H groups in total. The number of nitrogens with one attached hydrogen (secondary N) is 2. The molecule has 9 nitrogen and oxygen atoms in total. The number of anilines is 1. The number of nitrogens with zero attached hydrogens (tertiary/aromatic N) is 3. The predicted molar refractivity (Wildman–Crippen MR) is 134 cm³/mol. The lowest BCUT2D eigenvalue weighted by atomic mass is 10.2. The summed E-state index contributed by atoms with van der Waals surface area (Å²) in [6, 6.07) is 11.8. The van der Waals surface area contributed by atoms with E-state index in [1.165, 1.54) is 11.9 Å². The van der Waals surface area contributed by atoms with Crippen LogP contribution in [0.5, 0.6) is 5.75 Å². The van der Waals surface area contributed by atoms with Crippen molar-refractivity contribution in [2.45, 2.75) is 16.7 Å². The molecule has 1 aromatic carbocycles.